The Labute approximate surface area is 77.8 Å². The SMILES string of the molecule is CC1(C)[C@@H]2CC[C@]1(C(=O)O)[C@@H](O)C2. The Bertz CT molecular complexity index is 259. The molecule has 0 unspecified atom stereocenters. The smallest absolute Gasteiger partial charge is 0.312 e. The van der Waals surface area contributed by atoms with Gasteiger partial charge in [-0.15, -0.1) is 0 Å². The highest BCUT2D eigenvalue weighted by molar-refractivity contribution is 5.78. The second-order valence-electron chi connectivity index (χ2n) is 4.99. The maximum absolute atomic E-state index is 11.2. The van der Waals surface area contributed by atoms with E-state index in [0.717, 1.165) is 6.42 Å². The van der Waals surface area contributed by atoms with Crippen molar-refractivity contribution in [1.29, 1.82) is 0 Å². The summed E-state index contributed by atoms with van der Waals surface area (Å²) in [6.07, 6.45) is 1.62. The van der Waals surface area contributed by atoms with E-state index in [1.807, 2.05) is 13.8 Å². The molecule has 3 atom stereocenters. The number of aliphatic hydroxyl groups is 1. The van der Waals surface area contributed by atoms with Gasteiger partial charge in [-0.2, -0.15) is 0 Å². The molecule has 3 heteroatoms. The number of fused-ring (bicyclic) bond motifs is 2. The van der Waals surface area contributed by atoms with Crippen LogP contribution in [0, 0.1) is 16.7 Å². The molecule has 2 N–H and O–H groups in total. The van der Waals surface area contributed by atoms with Crippen LogP contribution in [0.5, 0.6) is 0 Å². The van der Waals surface area contributed by atoms with E-state index in [9.17, 15) is 15.0 Å². The zero-order chi connectivity index (χ0) is 9.85. The topological polar surface area (TPSA) is 57.5 Å². The van der Waals surface area contributed by atoms with E-state index >= 15 is 0 Å². The van der Waals surface area contributed by atoms with Crippen molar-refractivity contribution in [3.8, 4) is 0 Å². The van der Waals surface area contributed by atoms with Crippen molar-refractivity contribution in [2.75, 3.05) is 0 Å². The Morgan fingerprint density at radius 3 is 2.31 bits per heavy atom. The molecule has 13 heavy (non-hydrogen) atoms. The average Bonchev–Trinajstić information content (AvgIpc) is 2.35. The van der Waals surface area contributed by atoms with Gasteiger partial charge in [-0.25, -0.2) is 0 Å². The number of carbonyl (C=O) groups is 1. The standard InChI is InChI=1S/C10H16O3/c1-9(2)6-3-4-10(9,8(12)13)7(11)5-6/h6-7,11H,3-5H2,1-2H3,(H,12,13)/t6-,7+,10-/m1/s1. The first-order valence-corrected chi connectivity index (χ1v) is 4.84. The number of carboxylic acids is 1. The first kappa shape index (κ1) is 9.00. The molecule has 2 rings (SSSR count). The highest BCUT2D eigenvalue weighted by Gasteiger charge is 2.68. The number of aliphatic carboxylic acids is 1. The molecule has 2 bridgehead atoms. The fourth-order valence-corrected chi connectivity index (χ4v) is 3.45. The molecular weight excluding hydrogens is 168 g/mol. The Balaban J connectivity index is 2.49. The van der Waals surface area contributed by atoms with Crippen LogP contribution < -0.4 is 0 Å². The van der Waals surface area contributed by atoms with E-state index in [0.29, 0.717) is 18.8 Å². The van der Waals surface area contributed by atoms with Crippen LogP contribution in [0.25, 0.3) is 0 Å². The van der Waals surface area contributed by atoms with E-state index in [4.69, 9.17) is 0 Å². The van der Waals surface area contributed by atoms with Crippen molar-refractivity contribution >= 4 is 5.97 Å². The van der Waals surface area contributed by atoms with E-state index in [1.165, 1.54) is 0 Å². The number of rotatable bonds is 1. The van der Waals surface area contributed by atoms with Gasteiger partial charge in [0.2, 0.25) is 0 Å². The van der Waals surface area contributed by atoms with Gasteiger partial charge in [0.05, 0.1) is 11.5 Å². The molecule has 0 saturated heterocycles. The molecule has 0 amide bonds. The molecule has 2 aliphatic rings. The second-order valence-corrected chi connectivity index (χ2v) is 4.99. The van der Waals surface area contributed by atoms with Crippen LogP contribution in [-0.4, -0.2) is 22.3 Å². The molecule has 0 aromatic rings. The average molecular weight is 184 g/mol. The summed E-state index contributed by atoms with van der Waals surface area (Å²) in [6.45, 7) is 3.96. The van der Waals surface area contributed by atoms with Crippen molar-refractivity contribution in [3.05, 3.63) is 0 Å². The van der Waals surface area contributed by atoms with Gasteiger partial charge in [-0.3, -0.25) is 4.79 Å². The van der Waals surface area contributed by atoms with Crippen LogP contribution in [-0.2, 0) is 4.79 Å². The van der Waals surface area contributed by atoms with Crippen molar-refractivity contribution < 1.29 is 15.0 Å². The zero-order valence-corrected chi connectivity index (χ0v) is 8.08. The van der Waals surface area contributed by atoms with Crippen LogP contribution in [0.1, 0.15) is 33.1 Å². The first-order valence-electron chi connectivity index (χ1n) is 4.84. The number of carboxylic acid groups (broad SMARTS) is 1. The van der Waals surface area contributed by atoms with Gasteiger partial charge < -0.3 is 10.2 Å². The van der Waals surface area contributed by atoms with Crippen molar-refractivity contribution in [2.24, 2.45) is 16.7 Å². The normalized spacial score (nSPS) is 46.7. The molecule has 0 radical (unpaired) electrons. The second kappa shape index (κ2) is 2.27. The maximum atomic E-state index is 11.2. The zero-order valence-electron chi connectivity index (χ0n) is 8.08. The minimum Gasteiger partial charge on any atom is -0.481 e. The molecule has 2 fully saturated rings. The van der Waals surface area contributed by atoms with Crippen molar-refractivity contribution in [2.45, 2.75) is 39.2 Å². The fraction of sp³-hybridized carbons (Fsp3) is 0.900. The quantitative estimate of drug-likeness (QED) is 0.645. The monoisotopic (exact) mass is 184 g/mol. The minimum atomic E-state index is -0.863. The van der Waals surface area contributed by atoms with Crippen LogP contribution in [0.3, 0.4) is 0 Å². The molecule has 0 aliphatic heterocycles. The Kier molecular flexibility index (Phi) is 1.57. The lowest BCUT2D eigenvalue weighted by atomic mass is 9.68. The molecule has 0 aromatic heterocycles. The summed E-state index contributed by atoms with van der Waals surface area (Å²) in [6, 6.07) is 0. The fourth-order valence-electron chi connectivity index (χ4n) is 3.45. The molecule has 0 aromatic carbocycles. The van der Waals surface area contributed by atoms with E-state index in [2.05, 4.69) is 0 Å². The highest BCUT2D eigenvalue weighted by atomic mass is 16.4. The number of hydrogen-bond donors (Lipinski definition) is 2. The van der Waals surface area contributed by atoms with Gasteiger partial charge in [0, 0.05) is 0 Å². The van der Waals surface area contributed by atoms with E-state index in [-0.39, 0.29) is 5.41 Å². The van der Waals surface area contributed by atoms with E-state index < -0.39 is 17.5 Å². The third-order valence-corrected chi connectivity index (χ3v) is 4.52. The van der Waals surface area contributed by atoms with Crippen molar-refractivity contribution in [1.82, 2.24) is 0 Å². The van der Waals surface area contributed by atoms with Crippen LogP contribution >= 0.6 is 0 Å². The summed E-state index contributed by atoms with van der Waals surface area (Å²) in [5.74, 6) is -0.427. The lowest BCUT2D eigenvalue weighted by Crippen LogP contribution is -2.45. The third-order valence-electron chi connectivity index (χ3n) is 4.52. The molecule has 3 nitrogen and oxygen atoms in total. The summed E-state index contributed by atoms with van der Waals surface area (Å²) in [7, 11) is 0. The highest BCUT2D eigenvalue weighted by Crippen LogP contribution is 2.65. The van der Waals surface area contributed by atoms with Gasteiger partial charge in [-0.05, 0) is 30.6 Å². The Morgan fingerprint density at radius 2 is 2.08 bits per heavy atom. The van der Waals surface area contributed by atoms with Gasteiger partial charge in [-0.1, -0.05) is 13.8 Å². The van der Waals surface area contributed by atoms with Crippen LogP contribution in [0.15, 0.2) is 0 Å². The minimum absolute atomic E-state index is 0.238. The number of aliphatic hydroxyl groups excluding tert-OH is 1. The summed E-state index contributed by atoms with van der Waals surface area (Å²) in [5.41, 5.74) is -1.10. The molecular formula is C10H16O3. The van der Waals surface area contributed by atoms with Gasteiger partial charge >= 0.3 is 5.97 Å². The summed E-state index contributed by atoms with van der Waals surface area (Å²) < 4.78 is 0. The van der Waals surface area contributed by atoms with Gasteiger partial charge in [0.25, 0.3) is 0 Å². The van der Waals surface area contributed by atoms with Crippen LogP contribution in [0.4, 0.5) is 0 Å². The Hall–Kier alpha value is -0.570. The van der Waals surface area contributed by atoms with Gasteiger partial charge in [0.15, 0.2) is 0 Å². The van der Waals surface area contributed by atoms with E-state index in [1.54, 1.807) is 0 Å². The molecule has 2 aliphatic carbocycles. The molecule has 0 spiro atoms. The molecule has 0 heterocycles. The molecule has 74 valence electrons. The van der Waals surface area contributed by atoms with Crippen LogP contribution in [0.2, 0.25) is 0 Å². The van der Waals surface area contributed by atoms with Gasteiger partial charge in [0.1, 0.15) is 0 Å². The predicted molar refractivity (Wildman–Crippen MR) is 47.2 cm³/mol. The number of hydrogen-bond acceptors (Lipinski definition) is 2. The summed E-state index contributed by atoms with van der Waals surface area (Å²) in [5, 5.41) is 19.0. The third kappa shape index (κ3) is 0.766. The molecule has 2 saturated carbocycles. The predicted octanol–water partition coefficient (Wildman–Crippen LogP) is 1.26. The largest absolute Gasteiger partial charge is 0.481 e. The summed E-state index contributed by atoms with van der Waals surface area (Å²) in [4.78, 5) is 11.2. The first-order chi connectivity index (χ1) is 5.93. The lowest BCUT2D eigenvalue weighted by Gasteiger charge is -2.35. The summed E-state index contributed by atoms with van der Waals surface area (Å²) >= 11 is 0. The maximum Gasteiger partial charge on any atom is 0.312 e. The Morgan fingerprint density at radius 1 is 1.46 bits per heavy atom. The lowest BCUT2D eigenvalue weighted by molar-refractivity contribution is -0.161. The van der Waals surface area contributed by atoms with Crippen molar-refractivity contribution in [3.63, 3.8) is 0 Å².